The third kappa shape index (κ3) is 1.99. The highest BCUT2D eigenvalue weighted by Gasteiger charge is 2.18. The zero-order valence-electron chi connectivity index (χ0n) is 7.31. The number of alkyl halides is 1. The van der Waals surface area contributed by atoms with E-state index in [-0.39, 0.29) is 22.2 Å². The van der Waals surface area contributed by atoms with Crippen molar-refractivity contribution in [1.29, 1.82) is 0 Å². The van der Waals surface area contributed by atoms with Gasteiger partial charge in [0.2, 0.25) is 0 Å². The summed E-state index contributed by atoms with van der Waals surface area (Å²) in [6, 6.07) is 2.42. The van der Waals surface area contributed by atoms with Gasteiger partial charge in [0, 0.05) is 0 Å². The van der Waals surface area contributed by atoms with Crippen LogP contribution in [0.4, 0.5) is 4.39 Å². The molecule has 0 fully saturated rings. The predicted octanol–water partition coefficient (Wildman–Crippen LogP) is 2.91. The zero-order valence-corrected chi connectivity index (χ0v) is 8.82. The van der Waals surface area contributed by atoms with Crippen molar-refractivity contribution in [1.82, 2.24) is 0 Å². The molecule has 0 spiro atoms. The number of carbonyl (C=O) groups is 1. The van der Waals surface area contributed by atoms with Crippen LogP contribution in [0, 0.1) is 5.82 Å². The lowest BCUT2D eigenvalue weighted by Crippen LogP contribution is -2.06. The average Bonchev–Trinajstić information content (AvgIpc) is 2.19. The lowest BCUT2D eigenvalue weighted by atomic mass is 10.1. The highest BCUT2D eigenvalue weighted by atomic mass is 35.5. The van der Waals surface area contributed by atoms with E-state index in [2.05, 4.69) is 0 Å². The van der Waals surface area contributed by atoms with Crippen molar-refractivity contribution in [2.45, 2.75) is 0 Å². The van der Waals surface area contributed by atoms with Crippen molar-refractivity contribution in [3.8, 4) is 5.75 Å². The van der Waals surface area contributed by atoms with E-state index in [4.69, 9.17) is 27.9 Å². The number of benzene rings is 1. The van der Waals surface area contributed by atoms with E-state index in [1.807, 2.05) is 0 Å². The Kier molecular flexibility index (Phi) is 3.72. The Balaban J connectivity index is 3.37. The second kappa shape index (κ2) is 4.62. The summed E-state index contributed by atoms with van der Waals surface area (Å²) in [5, 5.41) is 0.133. The summed E-state index contributed by atoms with van der Waals surface area (Å²) < 4.78 is 17.9. The molecule has 2 nitrogen and oxygen atoms in total. The quantitative estimate of drug-likeness (QED) is 0.596. The Morgan fingerprint density at radius 3 is 2.71 bits per heavy atom. The molecule has 0 saturated heterocycles. The Morgan fingerprint density at radius 1 is 1.57 bits per heavy atom. The van der Waals surface area contributed by atoms with Gasteiger partial charge in [0.05, 0.1) is 23.6 Å². The summed E-state index contributed by atoms with van der Waals surface area (Å²) in [6.07, 6.45) is 0. The van der Waals surface area contributed by atoms with Gasteiger partial charge in [-0.05, 0) is 12.1 Å². The lowest BCUT2D eigenvalue weighted by Gasteiger charge is -2.08. The Hall–Kier alpha value is -0.800. The van der Waals surface area contributed by atoms with Crippen molar-refractivity contribution in [2.24, 2.45) is 0 Å². The van der Waals surface area contributed by atoms with Gasteiger partial charge in [0.15, 0.2) is 17.3 Å². The SMILES string of the molecule is COc1c(F)ccc(Cl)c1C(=O)CCl. The molecule has 0 unspecified atom stereocenters. The Bertz CT molecular complexity index is 366. The van der Waals surface area contributed by atoms with Crippen LogP contribution in [0.25, 0.3) is 0 Å². The third-order valence-corrected chi connectivity index (χ3v) is 2.22. The molecule has 0 radical (unpaired) electrons. The summed E-state index contributed by atoms with van der Waals surface area (Å²) in [5.41, 5.74) is -0.0100. The molecule has 0 saturated carbocycles. The molecule has 0 heterocycles. The van der Waals surface area contributed by atoms with Gasteiger partial charge in [0.1, 0.15) is 0 Å². The number of hydrogen-bond donors (Lipinski definition) is 0. The highest BCUT2D eigenvalue weighted by molar-refractivity contribution is 6.37. The van der Waals surface area contributed by atoms with Gasteiger partial charge in [-0.1, -0.05) is 11.6 Å². The fourth-order valence-corrected chi connectivity index (χ4v) is 1.45. The maximum atomic E-state index is 13.1. The fraction of sp³-hybridized carbons (Fsp3) is 0.222. The van der Waals surface area contributed by atoms with Crippen LogP contribution in [0.2, 0.25) is 5.02 Å². The summed E-state index contributed by atoms with van der Waals surface area (Å²) in [4.78, 5) is 11.3. The Labute approximate surface area is 90.6 Å². The number of ketones is 1. The Morgan fingerprint density at radius 2 is 2.21 bits per heavy atom. The van der Waals surface area contributed by atoms with E-state index in [1.54, 1.807) is 0 Å². The smallest absolute Gasteiger partial charge is 0.182 e. The predicted molar refractivity (Wildman–Crippen MR) is 53.0 cm³/mol. The van der Waals surface area contributed by atoms with Gasteiger partial charge in [-0.3, -0.25) is 4.79 Å². The monoisotopic (exact) mass is 236 g/mol. The summed E-state index contributed by atoms with van der Waals surface area (Å²) >= 11 is 11.1. The highest BCUT2D eigenvalue weighted by Crippen LogP contribution is 2.29. The molecule has 14 heavy (non-hydrogen) atoms. The van der Waals surface area contributed by atoms with E-state index in [0.717, 1.165) is 6.07 Å². The van der Waals surface area contributed by atoms with Crippen molar-refractivity contribution in [3.63, 3.8) is 0 Å². The first-order chi connectivity index (χ1) is 6.61. The van der Waals surface area contributed by atoms with Gasteiger partial charge in [-0.25, -0.2) is 4.39 Å². The van der Waals surface area contributed by atoms with E-state index in [1.165, 1.54) is 13.2 Å². The van der Waals surface area contributed by atoms with Crippen molar-refractivity contribution in [2.75, 3.05) is 13.0 Å². The minimum absolute atomic E-state index is 0.0100. The summed E-state index contributed by atoms with van der Waals surface area (Å²) in [5.74, 6) is -1.53. The second-order valence-corrected chi connectivity index (χ2v) is 3.17. The molecule has 0 bridgehead atoms. The first-order valence-electron chi connectivity index (χ1n) is 3.73. The standard InChI is InChI=1S/C9H7Cl2FO2/c1-14-9-6(12)3-2-5(11)8(9)7(13)4-10/h2-3H,4H2,1H3. The van der Waals surface area contributed by atoms with E-state index < -0.39 is 11.6 Å². The number of carbonyl (C=O) groups excluding carboxylic acids is 1. The van der Waals surface area contributed by atoms with Crippen LogP contribution >= 0.6 is 23.2 Å². The molecular formula is C9H7Cl2FO2. The molecule has 0 atom stereocenters. The molecular weight excluding hydrogens is 230 g/mol. The molecule has 1 aromatic rings. The van der Waals surface area contributed by atoms with Crippen LogP contribution < -0.4 is 4.74 Å². The van der Waals surface area contributed by atoms with E-state index in [9.17, 15) is 9.18 Å². The topological polar surface area (TPSA) is 26.3 Å². The van der Waals surface area contributed by atoms with E-state index in [0.29, 0.717) is 0 Å². The van der Waals surface area contributed by atoms with Gasteiger partial charge in [-0.2, -0.15) is 0 Å². The maximum absolute atomic E-state index is 13.1. The van der Waals surface area contributed by atoms with Crippen LogP contribution in [0.3, 0.4) is 0 Å². The maximum Gasteiger partial charge on any atom is 0.182 e. The number of halogens is 3. The first kappa shape index (κ1) is 11.3. The number of Topliss-reactive ketones (excluding diaryl/α,β-unsaturated/α-hetero) is 1. The van der Waals surface area contributed by atoms with Gasteiger partial charge < -0.3 is 4.74 Å². The van der Waals surface area contributed by atoms with E-state index >= 15 is 0 Å². The van der Waals surface area contributed by atoms with Gasteiger partial charge in [-0.15, -0.1) is 11.6 Å². The third-order valence-electron chi connectivity index (χ3n) is 1.66. The molecule has 1 aromatic carbocycles. The molecule has 76 valence electrons. The molecule has 0 N–H and O–H groups in total. The number of rotatable bonds is 3. The fourth-order valence-electron chi connectivity index (χ4n) is 1.06. The molecule has 1 rings (SSSR count). The first-order valence-corrected chi connectivity index (χ1v) is 4.64. The molecule has 0 aromatic heterocycles. The van der Waals surface area contributed by atoms with Crippen LogP contribution in [0.15, 0.2) is 12.1 Å². The van der Waals surface area contributed by atoms with Crippen LogP contribution in [-0.2, 0) is 0 Å². The van der Waals surface area contributed by atoms with Crippen molar-refractivity contribution < 1.29 is 13.9 Å². The number of methoxy groups -OCH3 is 1. The number of ether oxygens (including phenoxy) is 1. The zero-order chi connectivity index (χ0) is 10.7. The lowest BCUT2D eigenvalue weighted by molar-refractivity contribution is 0.101. The number of hydrogen-bond acceptors (Lipinski definition) is 2. The molecule has 0 aliphatic rings. The van der Waals surface area contributed by atoms with Gasteiger partial charge >= 0.3 is 0 Å². The molecule has 0 aliphatic carbocycles. The average molecular weight is 237 g/mol. The molecule has 0 amide bonds. The summed E-state index contributed by atoms with van der Waals surface area (Å²) in [7, 11) is 1.26. The largest absolute Gasteiger partial charge is 0.493 e. The molecule has 0 aliphatic heterocycles. The van der Waals surface area contributed by atoms with Crippen molar-refractivity contribution >= 4 is 29.0 Å². The summed E-state index contributed by atoms with van der Waals surface area (Å²) in [6.45, 7) is 0. The minimum Gasteiger partial charge on any atom is -0.493 e. The minimum atomic E-state index is -0.634. The normalized spacial score (nSPS) is 10.0. The van der Waals surface area contributed by atoms with Crippen molar-refractivity contribution in [3.05, 3.63) is 28.5 Å². The molecule has 5 heteroatoms. The van der Waals surface area contributed by atoms with Gasteiger partial charge in [0.25, 0.3) is 0 Å². The second-order valence-electron chi connectivity index (χ2n) is 2.49. The van der Waals surface area contributed by atoms with Crippen LogP contribution in [-0.4, -0.2) is 18.8 Å². The van der Waals surface area contributed by atoms with Crippen LogP contribution in [0.5, 0.6) is 5.75 Å². The van der Waals surface area contributed by atoms with Crippen LogP contribution in [0.1, 0.15) is 10.4 Å².